The van der Waals surface area contributed by atoms with Gasteiger partial charge in [0.2, 0.25) is 0 Å². The van der Waals surface area contributed by atoms with Gasteiger partial charge in [-0.05, 0) is 18.6 Å². The molecule has 0 radical (unpaired) electrons. The lowest BCUT2D eigenvalue weighted by Gasteiger charge is -2.14. The van der Waals surface area contributed by atoms with Crippen molar-refractivity contribution in [2.24, 2.45) is 0 Å². The highest BCUT2D eigenvalue weighted by atomic mass is 19.1. The number of benzene rings is 1. The fraction of sp³-hybridized carbons (Fsp3) is 0.417. The van der Waals surface area contributed by atoms with Crippen molar-refractivity contribution < 1.29 is 19.4 Å². The molecule has 1 rings (SSSR count). The van der Waals surface area contributed by atoms with Crippen LogP contribution < -0.4 is 5.32 Å². The monoisotopic (exact) mass is 241 g/mol. The predicted molar refractivity (Wildman–Crippen MR) is 62.8 cm³/mol. The Morgan fingerprint density at radius 3 is 2.82 bits per heavy atom. The lowest BCUT2D eigenvalue weighted by atomic mass is 10.1. The zero-order chi connectivity index (χ0) is 12.8. The average Bonchev–Trinajstić information content (AvgIpc) is 2.27. The molecule has 0 aliphatic heterocycles. The summed E-state index contributed by atoms with van der Waals surface area (Å²) in [5.74, 6) is -1.83. The molecule has 0 aliphatic rings. The second kappa shape index (κ2) is 6.20. The molecule has 5 heteroatoms. The van der Waals surface area contributed by atoms with E-state index >= 15 is 0 Å². The Hall–Kier alpha value is -1.62. The van der Waals surface area contributed by atoms with Crippen molar-refractivity contribution in [1.29, 1.82) is 0 Å². The summed E-state index contributed by atoms with van der Waals surface area (Å²) in [7, 11) is 0. The summed E-state index contributed by atoms with van der Waals surface area (Å²) in [5.41, 5.74) is -0.205. The molecular formula is C12H16FNO3. The van der Waals surface area contributed by atoms with Gasteiger partial charge in [0.05, 0.1) is 17.4 Å². The Bertz CT molecular complexity index is 395. The van der Waals surface area contributed by atoms with Crippen LogP contribution in [0.25, 0.3) is 0 Å². The number of carbonyl (C=O) groups is 1. The van der Waals surface area contributed by atoms with Crippen molar-refractivity contribution in [2.45, 2.75) is 25.9 Å². The number of para-hydroxylation sites is 1. The van der Waals surface area contributed by atoms with Crippen LogP contribution in [-0.2, 0) is 0 Å². The Morgan fingerprint density at radius 1 is 1.53 bits per heavy atom. The summed E-state index contributed by atoms with van der Waals surface area (Å²) in [4.78, 5) is 10.9. The van der Waals surface area contributed by atoms with E-state index in [1.165, 1.54) is 18.2 Å². The third-order valence-electron chi connectivity index (χ3n) is 2.38. The van der Waals surface area contributed by atoms with Gasteiger partial charge in [0.1, 0.15) is 5.82 Å². The number of aliphatic hydroxyl groups excluding tert-OH is 1. The van der Waals surface area contributed by atoms with E-state index in [0.717, 1.165) is 6.42 Å². The molecule has 0 aliphatic carbocycles. The maximum atomic E-state index is 13.4. The molecule has 3 N–H and O–H groups in total. The van der Waals surface area contributed by atoms with Gasteiger partial charge in [-0.25, -0.2) is 9.18 Å². The molecule has 0 fully saturated rings. The Balaban J connectivity index is 2.79. The topological polar surface area (TPSA) is 69.6 Å². The number of aliphatic hydroxyl groups is 1. The first-order valence-electron chi connectivity index (χ1n) is 5.50. The summed E-state index contributed by atoms with van der Waals surface area (Å²) < 4.78 is 13.4. The molecule has 94 valence electrons. The van der Waals surface area contributed by atoms with E-state index in [4.69, 9.17) is 5.11 Å². The van der Waals surface area contributed by atoms with Gasteiger partial charge in [-0.3, -0.25) is 0 Å². The number of hydrogen-bond acceptors (Lipinski definition) is 3. The lowest BCUT2D eigenvalue weighted by Crippen LogP contribution is -2.21. The van der Waals surface area contributed by atoms with Gasteiger partial charge in [0, 0.05) is 6.54 Å². The van der Waals surface area contributed by atoms with Gasteiger partial charge >= 0.3 is 5.97 Å². The maximum absolute atomic E-state index is 13.4. The van der Waals surface area contributed by atoms with E-state index in [9.17, 15) is 14.3 Å². The van der Waals surface area contributed by atoms with E-state index in [1.54, 1.807) is 0 Å². The molecular weight excluding hydrogens is 225 g/mol. The summed E-state index contributed by atoms with van der Waals surface area (Å²) in [6, 6.07) is 3.84. The zero-order valence-corrected chi connectivity index (χ0v) is 9.61. The fourth-order valence-corrected chi connectivity index (χ4v) is 1.54. The van der Waals surface area contributed by atoms with E-state index in [1.807, 2.05) is 6.92 Å². The smallest absolute Gasteiger partial charge is 0.337 e. The molecule has 1 unspecified atom stereocenters. The highest BCUT2D eigenvalue weighted by Gasteiger charge is 2.14. The number of nitrogens with one attached hydrogen (secondary N) is 1. The molecule has 0 bridgehead atoms. The maximum Gasteiger partial charge on any atom is 0.337 e. The minimum atomic E-state index is -1.20. The van der Waals surface area contributed by atoms with Crippen molar-refractivity contribution >= 4 is 11.7 Å². The van der Waals surface area contributed by atoms with E-state index < -0.39 is 17.9 Å². The van der Waals surface area contributed by atoms with Gasteiger partial charge in [-0.15, -0.1) is 0 Å². The van der Waals surface area contributed by atoms with Crippen LogP contribution in [0.4, 0.5) is 10.1 Å². The third kappa shape index (κ3) is 3.71. The van der Waals surface area contributed by atoms with Crippen LogP contribution >= 0.6 is 0 Å². The number of carboxylic acid groups (broad SMARTS) is 1. The summed E-state index contributed by atoms with van der Waals surface area (Å²) in [5, 5.41) is 21.0. The molecule has 0 heterocycles. The van der Waals surface area contributed by atoms with E-state index in [0.29, 0.717) is 6.42 Å². The van der Waals surface area contributed by atoms with Crippen LogP contribution in [0.15, 0.2) is 18.2 Å². The molecule has 1 aromatic rings. The minimum Gasteiger partial charge on any atom is -0.478 e. The molecule has 17 heavy (non-hydrogen) atoms. The normalized spacial score (nSPS) is 12.2. The van der Waals surface area contributed by atoms with Crippen molar-refractivity contribution in [2.75, 3.05) is 11.9 Å². The number of anilines is 1. The summed E-state index contributed by atoms with van der Waals surface area (Å²) in [6.45, 7) is 2.06. The number of aromatic carboxylic acids is 1. The Kier molecular flexibility index (Phi) is 4.90. The van der Waals surface area contributed by atoms with Crippen LogP contribution in [0.2, 0.25) is 0 Å². The van der Waals surface area contributed by atoms with Crippen molar-refractivity contribution in [3.05, 3.63) is 29.6 Å². The molecule has 1 aromatic carbocycles. The SMILES string of the molecule is CCCC(O)CNc1c(F)cccc1C(=O)O. The Labute approximate surface area is 99.1 Å². The largest absolute Gasteiger partial charge is 0.478 e. The van der Waals surface area contributed by atoms with Crippen LogP contribution in [-0.4, -0.2) is 28.8 Å². The highest BCUT2D eigenvalue weighted by Crippen LogP contribution is 2.19. The number of halogens is 1. The van der Waals surface area contributed by atoms with Crippen LogP contribution in [0.5, 0.6) is 0 Å². The minimum absolute atomic E-state index is 0.0739. The van der Waals surface area contributed by atoms with Crippen molar-refractivity contribution in [3.8, 4) is 0 Å². The van der Waals surface area contributed by atoms with Crippen molar-refractivity contribution in [3.63, 3.8) is 0 Å². The fourth-order valence-electron chi connectivity index (χ4n) is 1.54. The first kappa shape index (κ1) is 13.4. The first-order valence-corrected chi connectivity index (χ1v) is 5.50. The zero-order valence-electron chi connectivity index (χ0n) is 9.61. The quantitative estimate of drug-likeness (QED) is 0.713. The van der Waals surface area contributed by atoms with E-state index in [2.05, 4.69) is 5.32 Å². The molecule has 0 aromatic heterocycles. The number of hydrogen-bond donors (Lipinski definition) is 3. The van der Waals surface area contributed by atoms with Crippen LogP contribution in [0.3, 0.4) is 0 Å². The summed E-state index contributed by atoms with van der Waals surface area (Å²) >= 11 is 0. The molecule has 1 atom stereocenters. The molecule has 0 amide bonds. The average molecular weight is 241 g/mol. The molecule has 4 nitrogen and oxygen atoms in total. The second-order valence-corrected chi connectivity index (χ2v) is 3.79. The van der Waals surface area contributed by atoms with Crippen molar-refractivity contribution in [1.82, 2.24) is 0 Å². The number of rotatable bonds is 6. The van der Waals surface area contributed by atoms with Gasteiger partial charge in [0.25, 0.3) is 0 Å². The van der Waals surface area contributed by atoms with Crippen LogP contribution in [0, 0.1) is 5.82 Å². The summed E-state index contributed by atoms with van der Waals surface area (Å²) in [6.07, 6.45) is 0.789. The van der Waals surface area contributed by atoms with Gasteiger partial charge in [-0.2, -0.15) is 0 Å². The third-order valence-corrected chi connectivity index (χ3v) is 2.38. The molecule has 0 saturated carbocycles. The van der Waals surface area contributed by atoms with E-state index in [-0.39, 0.29) is 17.8 Å². The Morgan fingerprint density at radius 2 is 2.24 bits per heavy atom. The first-order chi connectivity index (χ1) is 8.06. The molecule has 0 spiro atoms. The van der Waals surface area contributed by atoms with Gasteiger partial charge in [-0.1, -0.05) is 19.4 Å². The number of carboxylic acids is 1. The van der Waals surface area contributed by atoms with Gasteiger partial charge in [0.15, 0.2) is 0 Å². The molecule has 0 saturated heterocycles. The van der Waals surface area contributed by atoms with Gasteiger partial charge < -0.3 is 15.5 Å². The van der Waals surface area contributed by atoms with Crippen LogP contribution in [0.1, 0.15) is 30.1 Å². The standard InChI is InChI=1S/C12H16FNO3/c1-2-4-8(15)7-14-11-9(12(16)17)5-3-6-10(11)13/h3,5-6,8,14-15H,2,4,7H2,1H3,(H,16,17). The highest BCUT2D eigenvalue weighted by molar-refractivity contribution is 5.94. The second-order valence-electron chi connectivity index (χ2n) is 3.79. The predicted octanol–water partition coefficient (Wildman–Crippen LogP) is 2.10. The lowest BCUT2D eigenvalue weighted by molar-refractivity contribution is 0.0697.